The van der Waals surface area contributed by atoms with E-state index in [0.29, 0.717) is 23.3 Å². The zero-order valence-corrected chi connectivity index (χ0v) is 56.2. The fourth-order valence-corrected chi connectivity index (χ4v) is 9.71. The van der Waals surface area contributed by atoms with E-state index in [0.717, 1.165) is 108 Å². The second-order valence-corrected chi connectivity index (χ2v) is 29.5. The molecule has 0 amide bonds. The largest absolute Gasteiger partial charge is 0.402 e. The molecule has 0 saturated carbocycles. The predicted octanol–water partition coefficient (Wildman–Crippen LogP) is 14.1. The first-order chi connectivity index (χ1) is 41.5. The number of hydrogen-bond acceptors (Lipinski definition) is 17. The third-order valence-corrected chi connectivity index (χ3v) is 15.4. The van der Waals surface area contributed by atoms with Crippen molar-refractivity contribution < 1.29 is 0 Å². The van der Waals surface area contributed by atoms with Crippen molar-refractivity contribution in [1.82, 2.24) is 39.9 Å². The van der Waals surface area contributed by atoms with Crippen LogP contribution in [0.25, 0.3) is 49.7 Å². The average Bonchev–Trinajstić information content (AvgIpc) is 1.28. The Hall–Kier alpha value is -9.58. The third kappa shape index (κ3) is 17.4. The molecule has 0 spiro atoms. The number of allylic oxidation sites excluding steroid dienone is 1. The molecule has 0 radical (unpaired) electrons. The fourth-order valence-electron chi connectivity index (χ4n) is 9.71. The summed E-state index contributed by atoms with van der Waals surface area (Å²) in [7, 11) is 0. The average molecular weight is 1210 g/mol. The van der Waals surface area contributed by atoms with Gasteiger partial charge in [0, 0.05) is 75.8 Å². The first kappa shape index (κ1) is 67.9. The molecule has 0 unspecified atom stereocenters. The molecule has 5 aromatic carbocycles. The number of benzene rings is 5. The maximum absolute atomic E-state index is 6.02. The molecule has 1 aliphatic heterocycles. The van der Waals surface area contributed by atoms with Crippen molar-refractivity contribution >= 4 is 102 Å². The number of aromatic nitrogens is 8. The van der Waals surface area contributed by atoms with E-state index in [1.807, 2.05) is 54.7 Å². The monoisotopic (exact) mass is 1210 g/mol. The Morgan fingerprint density at radius 3 is 1.52 bits per heavy atom. The summed E-state index contributed by atoms with van der Waals surface area (Å²) in [6.45, 7) is 39.0. The summed E-state index contributed by atoms with van der Waals surface area (Å²) in [4.78, 5) is 36.9. The number of nitrogens with two attached hydrogens (primary N) is 9. The molecule has 19 N–H and O–H groups in total. The Bertz CT molecular complexity index is 3980. The van der Waals surface area contributed by atoms with Crippen molar-refractivity contribution in [2.75, 3.05) is 40.1 Å². The number of rotatable bonds is 0. The number of H-pyrrole nitrogens is 1. The van der Waals surface area contributed by atoms with Crippen molar-refractivity contribution in [2.24, 2.45) is 16.5 Å². The number of hydrogen-bond donors (Lipinski definition) is 10. The smallest absolute Gasteiger partial charge is 0.220 e. The van der Waals surface area contributed by atoms with Gasteiger partial charge in [-0.2, -0.15) is 0 Å². The first-order valence-corrected chi connectivity index (χ1v) is 30.3. The van der Waals surface area contributed by atoms with Crippen molar-refractivity contribution in [1.29, 1.82) is 0 Å². The van der Waals surface area contributed by atoms with Crippen LogP contribution in [0, 0.1) is 0 Å². The number of nitrogens with one attached hydrogen (secondary N) is 1. The molecule has 0 bridgehead atoms. The molecule has 474 valence electrons. The van der Waals surface area contributed by atoms with Gasteiger partial charge in [-0.1, -0.05) is 149 Å². The molecular formula is C72H96N18. The van der Waals surface area contributed by atoms with Gasteiger partial charge in [0.1, 0.15) is 17.5 Å². The molecule has 18 nitrogen and oxygen atoms in total. The van der Waals surface area contributed by atoms with Crippen LogP contribution in [0.1, 0.15) is 175 Å². The van der Waals surface area contributed by atoms with Crippen LogP contribution in [0.15, 0.2) is 120 Å². The molecule has 0 saturated heterocycles. The van der Waals surface area contributed by atoms with Gasteiger partial charge in [-0.3, -0.25) is 9.97 Å². The van der Waals surface area contributed by atoms with Gasteiger partial charge in [0.05, 0.1) is 44.8 Å². The summed E-state index contributed by atoms with van der Waals surface area (Å²) in [5, 5.41) is 3.82. The lowest BCUT2D eigenvalue weighted by Gasteiger charge is -2.20. The normalized spacial score (nSPS) is 13.0. The highest BCUT2D eigenvalue weighted by molar-refractivity contribution is 5.95. The maximum Gasteiger partial charge on any atom is 0.220 e. The first-order valence-electron chi connectivity index (χ1n) is 30.3. The van der Waals surface area contributed by atoms with E-state index in [1.165, 1.54) is 27.8 Å². The highest BCUT2D eigenvalue weighted by Crippen LogP contribution is 2.35. The number of fused-ring (bicyclic) bond motifs is 6. The molecule has 0 atom stereocenters. The van der Waals surface area contributed by atoms with Crippen LogP contribution >= 0.6 is 0 Å². The molecule has 0 fully saturated rings. The van der Waals surface area contributed by atoms with Gasteiger partial charge in [0.2, 0.25) is 5.95 Å². The number of nitrogen functional groups attached to an aromatic ring is 7. The topological polar surface area (TPSA) is 353 Å². The number of pyridine rings is 2. The van der Waals surface area contributed by atoms with Gasteiger partial charge >= 0.3 is 0 Å². The zero-order chi connectivity index (χ0) is 66.8. The van der Waals surface area contributed by atoms with Crippen molar-refractivity contribution in [3.05, 3.63) is 166 Å². The minimum atomic E-state index is 0.0437. The number of anilines is 7. The van der Waals surface area contributed by atoms with E-state index in [2.05, 4.69) is 212 Å². The van der Waals surface area contributed by atoms with Crippen LogP contribution in [0.3, 0.4) is 0 Å². The van der Waals surface area contributed by atoms with Gasteiger partial charge < -0.3 is 56.6 Å². The standard InChI is InChI=1S/2C13H17N3.C12H16N4.C12H16N2.2C11H15N3/c1-13(2,3)9-4-8-5-12(15)16-7-10(8)11(14)6-9;1-13(2,3)8-6-10(14)9-4-5-12(15)16-11(9)7-8;1-12(2,3)7-4-9(13)8-6-15-11(14)16-10(8)5-7;1-12(2,3)9-4-5-10-8(6-9)7-11(13)14-10;1-11(2,3)10-6-13-8-4-7(12)5-9(8)14-10;1-11(2,3)7-4-5-8-9(6-7)14-10(12)13-8/h2*4-7H,14H2,1-3H3,(H2,15,16);4-6H,13H2,1-3H3,(H2,14,15,16);4-6H,7H2,1-3H3,(H2,13,14);4,6H,5,12H2,1-3H3;4-6H,1-3H3,(H3,12,13,14). The maximum atomic E-state index is 6.02. The van der Waals surface area contributed by atoms with Gasteiger partial charge in [0.15, 0.2) is 5.95 Å². The molecular weight excluding hydrogens is 1120 g/mol. The Morgan fingerprint density at radius 2 is 0.933 bits per heavy atom. The number of nitrogens with zero attached hydrogens (tertiary/aromatic N) is 8. The van der Waals surface area contributed by atoms with Crippen LogP contribution in [0.5, 0.6) is 0 Å². The number of aliphatic imine (C=N–C) groups is 1. The van der Waals surface area contributed by atoms with Crippen LogP contribution in [-0.4, -0.2) is 45.7 Å². The van der Waals surface area contributed by atoms with E-state index in [-0.39, 0.29) is 38.4 Å². The highest BCUT2D eigenvalue weighted by Gasteiger charge is 2.23. The molecule has 90 heavy (non-hydrogen) atoms. The zero-order valence-electron chi connectivity index (χ0n) is 56.2. The third-order valence-electron chi connectivity index (χ3n) is 15.4. The van der Waals surface area contributed by atoms with E-state index in [4.69, 9.17) is 51.6 Å². The quantitative estimate of drug-likeness (QED) is 0.0631. The number of amidine groups is 1. The summed E-state index contributed by atoms with van der Waals surface area (Å²) in [5.41, 5.74) is 70.7. The number of aromatic amines is 1. The highest BCUT2D eigenvalue weighted by atomic mass is 15.0. The SMILES string of the molecule is CC(C)(C)c1cc(N)c2ccc(N)nc2c1.CC(C)(C)c1cc(N)c2cnc(N)cc2c1.CC(C)(C)c1cc(N)c2cnc(N)nc2c1.CC(C)(C)c1ccc2c(c1)CC(N)=N2.CC(C)(C)c1ccc2nc(N)[nH]c2c1.CC(C)(C)c1cnc2c(n1)CC(N)=C2. The summed E-state index contributed by atoms with van der Waals surface area (Å²) in [6, 6.07) is 30.4. The van der Waals surface area contributed by atoms with Crippen molar-refractivity contribution in [3.63, 3.8) is 0 Å². The predicted molar refractivity (Wildman–Crippen MR) is 382 cm³/mol. The van der Waals surface area contributed by atoms with Gasteiger partial charge in [-0.25, -0.2) is 29.9 Å². The lowest BCUT2D eigenvalue weighted by atomic mass is 9.85. The van der Waals surface area contributed by atoms with E-state index < -0.39 is 0 Å². The van der Waals surface area contributed by atoms with Gasteiger partial charge in [-0.15, -0.1) is 0 Å². The summed E-state index contributed by atoms with van der Waals surface area (Å²) in [6.07, 6.45) is 8.68. The second kappa shape index (κ2) is 25.9. The Labute approximate surface area is 531 Å². The van der Waals surface area contributed by atoms with E-state index >= 15 is 0 Å². The molecule has 6 heterocycles. The summed E-state index contributed by atoms with van der Waals surface area (Å²) >= 11 is 0. The molecule has 12 rings (SSSR count). The van der Waals surface area contributed by atoms with E-state index in [1.54, 1.807) is 18.5 Å². The van der Waals surface area contributed by atoms with Crippen LogP contribution in [0.4, 0.5) is 46.3 Å². The van der Waals surface area contributed by atoms with Crippen LogP contribution in [-0.2, 0) is 45.3 Å². The minimum Gasteiger partial charge on any atom is -0.402 e. The Kier molecular flexibility index (Phi) is 19.5. The molecule has 2 aliphatic rings. The van der Waals surface area contributed by atoms with E-state index in [9.17, 15) is 0 Å². The summed E-state index contributed by atoms with van der Waals surface area (Å²) in [5.74, 6) is 2.53. The summed E-state index contributed by atoms with van der Waals surface area (Å²) < 4.78 is 0. The Morgan fingerprint density at radius 1 is 0.400 bits per heavy atom. The minimum absolute atomic E-state index is 0.0437. The number of imidazole rings is 1. The molecule has 18 heteroatoms. The van der Waals surface area contributed by atoms with Crippen LogP contribution < -0.4 is 51.6 Å². The molecule has 10 aromatic rings. The van der Waals surface area contributed by atoms with Gasteiger partial charge in [0.25, 0.3) is 0 Å². The van der Waals surface area contributed by atoms with Crippen molar-refractivity contribution in [2.45, 2.75) is 170 Å². The molecule has 1 aliphatic carbocycles. The lowest BCUT2D eigenvalue weighted by molar-refractivity contribution is 0.562. The van der Waals surface area contributed by atoms with Crippen LogP contribution in [0.2, 0.25) is 0 Å². The Balaban J connectivity index is 0.000000154. The fraction of sp³-hybridized carbons (Fsp3) is 0.361. The van der Waals surface area contributed by atoms with Gasteiger partial charge in [-0.05, 0) is 139 Å². The molecule has 5 aromatic heterocycles. The van der Waals surface area contributed by atoms with Crippen molar-refractivity contribution in [3.8, 4) is 0 Å². The lowest BCUT2D eigenvalue weighted by Crippen LogP contribution is -2.15. The second-order valence-electron chi connectivity index (χ2n) is 29.5.